The lowest BCUT2D eigenvalue weighted by Gasteiger charge is -2.24. The number of carbonyl (C=O) groups excluding carboxylic acids is 2. The maximum absolute atomic E-state index is 12.6. The van der Waals surface area contributed by atoms with E-state index in [9.17, 15) is 19.0 Å². The molecule has 0 heterocycles. The molecule has 10 heteroatoms. The van der Waals surface area contributed by atoms with Gasteiger partial charge in [-0.15, -0.1) is 0 Å². The zero-order valence-corrected chi connectivity index (χ0v) is 34.7. The van der Waals surface area contributed by atoms with Crippen molar-refractivity contribution in [2.24, 2.45) is 0 Å². The summed E-state index contributed by atoms with van der Waals surface area (Å²) in [5.41, 5.74) is 0. The monoisotopic (exact) mass is 755 g/mol. The minimum atomic E-state index is -4.38. The van der Waals surface area contributed by atoms with E-state index in [1.165, 1.54) is 64.2 Å². The molecule has 52 heavy (non-hydrogen) atoms. The highest BCUT2D eigenvalue weighted by Gasteiger charge is 2.27. The van der Waals surface area contributed by atoms with Crippen LogP contribution in [0.15, 0.2) is 48.6 Å². The predicted octanol–water partition coefficient (Wildman–Crippen LogP) is 11.1. The lowest BCUT2D eigenvalue weighted by molar-refractivity contribution is -0.870. The predicted molar refractivity (Wildman–Crippen MR) is 215 cm³/mol. The number of phosphoric acid groups is 1. The van der Waals surface area contributed by atoms with Crippen LogP contribution in [-0.4, -0.2) is 74.9 Å². The highest BCUT2D eigenvalue weighted by Crippen LogP contribution is 2.43. The van der Waals surface area contributed by atoms with Crippen molar-refractivity contribution < 1.29 is 42.1 Å². The molecule has 1 N–H and O–H groups in total. The Kier molecular flexibility index (Phi) is 33.4. The number of quaternary nitrogens is 1. The van der Waals surface area contributed by atoms with Gasteiger partial charge in [0.05, 0.1) is 27.7 Å². The Morgan fingerprint density at radius 1 is 0.615 bits per heavy atom. The van der Waals surface area contributed by atoms with Crippen molar-refractivity contribution in [3.63, 3.8) is 0 Å². The Labute approximate surface area is 318 Å². The summed E-state index contributed by atoms with van der Waals surface area (Å²) < 4.78 is 34.2. The number of allylic oxidation sites excluding steroid dienone is 8. The largest absolute Gasteiger partial charge is 0.472 e. The van der Waals surface area contributed by atoms with Crippen LogP contribution in [0.25, 0.3) is 0 Å². The van der Waals surface area contributed by atoms with Gasteiger partial charge in [0.15, 0.2) is 6.10 Å². The first kappa shape index (κ1) is 50.0. The molecule has 0 radical (unpaired) electrons. The number of nitrogens with zero attached hydrogens (tertiary/aromatic N) is 1. The van der Waals surface area contributed by atoms with Crippen LogP contribution in [0.1, 0.15) is 155 Å². The highest BCUT2D eigenvalue weighted by molar-refractivity contribution is 7.47. The van der Waals surface area contributed by atoms with Crippen LogP contribution in [0.4, 0.5) is 0 Å². The van der Waals surface area contributed by atoms with Gasteiger partial charge >= 0.3 is 19.8 Å². The molecular weight excluding hydrogens is 677 g/mol. The quantitative estimate of drug-likeness (QED) is 0.0221. The van der Waals surface area contributed by atoms with Crippen molar-refractivity contribution in [2.45, 2.75) is 161 Å². The third-order valence-electron chi connectivity index (χ3n) is 8.37. The second-order valence-electron chi connectivity index (χ2n) is 14.6. The van der Waals surface area contributed by atoms with Crippen LogP contribution in [0.2, 0.25) is 0 Å². The van der Waals surface area contributed by atoms with Gasteiger partial charge in [0, 0.05) is 12.8 Å². The van der Waals surface area contributed by atoms with E-state index in [-0.39, 0.29) is 26.1 Å². The van der Waals surface area contributed by atoms with Crippen molar-refractivity contribution in [1.82, 2.24) is 0 Å². The van der Waals surface area contributed by atoms with Crippen LogP contribution in [-0.2, 0) is 32.7 Å². The highest BCUT2D eigenvalue weighted by atomic mass is 31.2. The summed E-state index contributed by atoms with van der Waals surface area (Å²) in [6.07, 6.45) is 38.7. The Balaban J connectivity index is 4.48. The van der Waals surface area contributed by atoms with Crippen LogP contribution >= 0.6 is 7.82 Å². The third kappa shape index (κ3) is 37.7. The fraction of sp³-hybridized carbons (Fsp3) is 0.762. The molecule has 0 spiro atoms. The second kappa shape index (κ2) is 34.7. The van der Waals surface area contributed by atoms with E-state index >= 15 is 0 Å². The lowest BCUT2D eigenvalue weighted by atomic mass is 10.0. The van der Waals surface area contributed by atoms with Crippen molar-refractivity contribution in [3.8, 4) is 0 Å². The number of esters is 2. The summed E-state index contributed by atoms with van der Waals surface area (Å²) in [5, 5.41) is 0. The summed E-state index contributed by atoms with van der Waals surface area (Å²) in [7, 11) is 1.45. The van der Waals surface area contributed by atoms with E-state index in [1.807, 2.05) is 21.1 Å². The molecule has 0 amide bonds. The van der Waals surface area contributed by atoms with Gasteiger partial charge in [-0.05, 0) is 51.4 Å². The van der Waals surface area contributed by atoms with Gasteiger partial charge in [-0.1, -0.05) is 140 Å². The van der Waals surface area contributed by atoms with Crippen molar-refractivity contribution >= 4 is 19.8 Å². The first-order chi connectivity index (χ1) is 25.0. The SMILES string of the molecule is CC/C=C/C/C=C/C/C=C/C/C=C/CCCCC(=O)OC[C@H](COP(=O)(O)OCC[N+](C)(C)C)OC(=O)CCCCCCCCCCCCCCC. The number of likely N-dealkylation sites (N-methyl/N-ethyl adjacent to an activating group) is 1. The van der Waals surface area contributed by atoms with Crippen molar-refractivity contribution in [2.75, 3.05) is 47.5 Å². The summed E-state index contributed by atoms with van der Waals surface area (Å²) in [4.78, 5) is 35.2. The molecule has 0 bridgehead atoms. The van der Waals surface area contributed by atoms with E-state index in [0.717, 1.165) is 51.4 Å². The Hall–Kier alpha value is -2.03. The molecule has 0 aromatic heterocycles. The minimum Gasteiger partial charge on any atom is -0.462 e. The molecule has 0 aromatic carbocycles. The van der Waals surface area contributed by atoms with Gasteiger partial charge in [0.25, 0.3) is 0 Å². The zero-order valence-electron chi connectivity index (χ0n) is 33.8. The Morgan fingerprint density at radius 2 is 1.10 bits per heavy atom. The van der Waals surface area contributed by atoms with Gasteiger partial charge in [0.1, 0.15) is 19.8 Å². The van der Waals surface area contributed by atoms with E-state index < -0.39 is 32.5 Å². The molecule has 0 aromatic rings. The van der Waals surface area contributed by atoms with Crippen LogP contribution in [0, 0.1) is 0 Å². The molecule has 0 aliphatic rings. The number of ether oxygens (including phenoxy) is 2. The van der Waals surface area contributed by atoms with Crippen molar-refractivity contribution in [1.29, 1.82) is 0 Å². The summed E-state index contributed by atoms with van der Waals surface area (Å²) in [5.74, 6) is -0.849. The second-order valence-corrected chi connectivity index (χ2v) is 16.1. The van der Waals surface area contributed by atoms with Gasteiger partial charge in [-0.2, -0.15) is 0 Å². The maximum Gasteiger partial charge on any atom is 0.472 e. The van der Waals surface area contributed by atoms with Crippen LogP contribution in [0.5, 0.6) is 0 Å². The molecule has 0 saturated carbocycles. The summed E-state index contributed by atoms with van der Waals surface area (Å²) in [6, 6.07) is 0. The van der Waals surface area contributed by atoms with Gasteiger partial charge in [-0.3, -0.25) is 18.6 Å². The van der Waals surface area contributed by atoms with Gasteiger partial charge < -0.3 is 18.9 Å². The standard InChI is InChI=1S/C42H76NO8P/c1-6-8-10-12-14-16-18-20-21-23-24-26-28-30-32-34-41(44)48-38-40(39-50-52(46,47)49-37-36-43(3,4)5)51-42(45)35-33-31-29-27-25-22-19-17-15-13-11-9-7-2/h8,10,14,16,20-21,24,26,40H,6-7,9,11-13,15,17-19,22-23,25,27-39H2,1-5H3/p+1/b10-8+,16-14+,21-20+,26-24+/t40-/m1/s1. The molecule has 1 unspecified atom stereocenters. The molecule has 0 rings (SSSR count). The third-order valence-corrected chi connectivity index (χ3v) is 9.36. The molecule has 2 atom stereocenters. The van der Waals surface area contributed by atoms with E-state index in [1.54, 1.807) is 0 Å². The topological polar surface area (TPSA) is 108 Å². The summed E-state index contributed by atoms with van der Waals surface area (Å²) >= 11 is 0. The molecule has 0 aliphatic carbocycles. The average Bonchev–Trinajstić information content (AvgIpc) is 3.09. The molecule has 0 fully saturated rings. The molecule has 9 nitrogen and oxygen atoms in total. The molecule has 0 aliphatic heterocycles. The van der Waals surface area contributed by atoms with E-state index in [0.29, 0.717) is 23.9 Å². The fourth-order valence-electron chi connectivity index (χ4n) is 5.18. The molecule has 302 valence electrons. The number of hydrogen-bond donors (Lipinski definition) is 1. The van der Waals surface area contributed by atoms with Gasteiger partial charge in [0.2, 0.25) is 0 Å². The first-order valence-electron chi connectivity index (χ1n) is 20.4. The van der Waals surface area contributed by atoms with Crippen LogP contribution < -0.4 is 0 Å². The van der Waals surface area contributed by atoms with Gasteiger partial charge in [-0.25, -0.2) is 4.57 Å². The number of phosphoric ester groups is 1. The van der Waals surface area contributed by atoms with Crippen LogP contribution in [0.3, 0.4) is 0 Å². The van der Waals surface area contributed by atoms with E-state index in [2.05, 4.69) is 62.5 Å². The zero-order chi connectivity index (χ0) is 38.6. The molecular formula is C42H77NO8P+. The summed E-state index contributed by atoms with van der Waals surface area (Å²) in [6.45, 7) is 4.24. The number of hydrogen-bond acceptors (Lipinski definition) is 7. The first-order valence-corrected chi connectivity index (χ1v) is 21.9. The fourth-order valence-corrected chi connectivity index (χ4v) is 5.92. The maximum atomic E-state index is 12.6. The van der Waals surface area contributed by atoms with E-state index in [4.69, 9.17) is 18.5 Å². The Morgan fingerprint density at radius 3 is 1.63 bits per heavy atom. The average molecular weight is 755 g/mol. The lowest BCUT2D eigenvalue weighted by Crippen LogP contribution is -2.37. The number of unbranched alkanes of at least 4 members (excludes halogenated alkanes) is 14. The normalized spacial score (nSPS) is 14.2. The number of carbonyl (C=O) groups is 2. The van der Waals surface area contributed by atoms with Crippen molar-refractivity contribution in [3.05, 3.63) is 48.6 Å². The molecule has 0 saturated heterocycles. The number of rotatable bonds is 36. The minimum absolute atomic E-state index is 0.0245. The Bertz CT molecular complexity index is 1030. The smallest absolute Gasteiger partial charge is 0.462 e.